The van der Waals surface area contributed by atoms with Gasteiger partial charge in [-0.25, -0.2) is 0 Å². The second-order valence-corrected chi connectivity index (χ2v) is 7.26. The van der Waals surface area contributed by atoms with Crippen molar-refractivity contribution in [2.45, 2.75) is 38.5 Å². The summed E-state index contributed by atoms with van der Waals surface area (Å²) in [5, 5.41) is 5.78. The first-order valence-electron chi connectivity index (χ1n) is 9.42. The molecular formula is C21H28Cl2N4O2. The molecule has 4 N–H and O–H groups in total. The minimum Gasteiger partial charge on any atom is -0.330 e. The van der Waals surface area contributed by atoms with Gasteiger partial charge in [0.2, 0.25) is 5.91 Å². The number of benzene rings is 1. The van der Waals surface area contributed by atoms with Gasteiger partial charge in [-0.3, -0.25) is 14.6 Å². The van der Waals surface area contributed by atoms with Crippen LogP contribution in [0.25, 0.3) is 0 Å². The number of nitrogens with two attached hydrogens (primary N) is 1. The first kappa shape index (κ1) is 24.9. The molecule has 2 aromatic rings. The van der Waals surface area contributed by atoms with Gasteiger partial charge in [-0.15, -0.1) is 24.8 Å². The van der Waals surface area contributed by atoms with E-state index >= 15 is 0 Å². The first-order valence-corrected chi connectivity index (χ1v) is 9.42. The number of nitrogens with one attached hydrogen (secondary N) is 2. The molecule has 0 radical (unpaired) electrons. The Morgan fingerprint density at radius 3 is 2.21 bits per heavy atom. The van der Waals surface area contributed by atoms with Crippen molar-refractivity contribution in [1.82, 2.24) is 4.98 Å². The van der Waals surface area contributed by atoms with Crippen molar-refractivity contribution in [3.8, 4) is 0 Å². The predicted molar refractivity (Wildman–Crippen MR) is 121 cm³/mol. The molecule has 0 spiro atoms. The van der Waals surface area contributed by atoms with E-state index in [1.165, 1.54) is 6.42 Å². The van der Waals surface area contributed by atoms with Crippen LogP contribution < -0.4 is 16.4 Å². The van der Waals surface area contributed by atoms with Crippen LogP contribution in [-0.4, -0.2) is 23.3 Å². The van der Waals surface area contributed by atoms with E-state index in [0.717, 1.165) is 25.7 Å². The third kappa shape index (κ3) is 6.99. The number of rotatable bonds is 6. The smallest absolute Gasteiger partial charge is 0.255 e. The van der Waals surface area contributed by atoms with E-state index in [2.05, 4.69) is 15.6 Å². The summed E-state index contributed by atoms with van der Waals surface area (Å²) in [5.74, 6) is -0.245. The average molecular weight is 439 g/mol. The number of anilines is 2. The van der Waals surface area contributed by atoms with Crippen molar-refractivity contribution in [3.05, 3.63) is 54.4 Å². The highest BCUT2D eigenvalue weighted by Gasteiger charge is 2.32. The number of aromatic nitrogens is 1. The summed E-state index contributed by atoms with van der Waals surface area (Å²) in [6, 6.07) is 10.5. The first-order chi connectivity index (χ1) is 13.1. The Morgan fingerprint density at radius 1 is 0.966 bits per heavy atom. The maximum Gasteiger partial charge on any atom is 0.255 e. The van der Waals surface area contributed by atoms with Crippen LogP contribution in [0.2, 0.25) is 0 Å². The monoisotopic (exact) mass is 438 g/mol. The Hall–Kier alpha value is -2.15. The van der Waals surface area contributed by atoms with E-state index in [4.69, 9.17) is 5.73 Å². The third-order valence-corrected chi connectivity index (χ3v) is 5.23. The zero-order valence-corrected chi connectivity index (χ0v) is 17.9. The third-order valence-electron chi connectivity index (χ3n) is 5.23. The molecule has 1 aliphatic carbocycles. The largest absolute Gasteiger partial charge is 0.330 e. The lowest BCUT2D eigenvalue weighted by atomic mass is 9.71. The van der Waals surface area contributed by atoms with Crippen molar-refractivity contribution in [1.29, 1.82) is 0 Å². The van der Waals surface area contributed by atoms with Gasteiger partial charge in [0, 0.05) is 35.8 Å². The van der Waals surface area contributed by atoms with Crippen molar-refractivity contribution in [2.75, 3.05) is 17.2 Å². The normalized spacial score (nSPS) is 14.7. The SMILES string of the molecule is Cl.Cl.NCC1(CC(=O)Nc2cccc(NC(=O)c3ccncc3)c2)CCCCC1. The van der Waals surface area contributed by atoms with Gasteiger partial charge >= 0.3 is 0 Å². The molecule has 1 aromatic heterocycles. The molecule has 29 heavy (non-hydrogen) atoms. The molecule has 0 atom stereocenters. The fourth-order valence-electron chi connectivity index (χ4n) is 3.68. The molecule has 6 nitrogen and oxygen atoms in total. The summed E-state index contributed by atoms with van der Waals surface area (Å²) >= 11 is 0. The molecule has 0 saturated heterocycles. The van der Waals surface area contributed by atoms with Crippen LogP contribution in [0.5, 0.6) is 0 Å². The van der Waals surface area contributed by atoms with Crippen LogP contribution in [-0.2, 0) is 4.79 Å². The van der Waals surface area contributed by atoms with Crippen molar-refractivity contribution in [2.24, 2.45) is 11.1 Å². The van der Waals surface area contributed by atoms with Crippen LogP contribution in [0, 0.1) is 5.41 Å². The Balaban J connectivity index is 0.00000210. The standard InChI is InChI=1S/C21H26N4O2.2ClH/c22-15-21(9-2-1-3-10-21)14-19(26)24-17-5-4-6-18(13-17)25-20(27)16-7-11-23-12-8-16;;/h4-8,11-13H,1-3,9-10,14-15,22H2,(H,24,26)(H,25,27);2*1H. The summed E-state index contributed by atoms with van der Waals surface area (Å²) in [7, 11) is 0. The number of carbonyl (C=O) groups is 2. The van der Waals surface area contributed by atoms with E-state index in [0.29, 0.717) is 29.9 Å². The molecular weight excluding hydrogens is 411 g/mol. The topological polar surface area (TPSA) is 97.1 Å². The number of carbonyl (C=O) groups excluding carboxylic acids is 2. The van der Waals surface area contributed by atoms with Gasteiger partial charge in [0.25, 0.3) is 5.91 Å². The number of halogens is 2. The molecule has 8 heteroatoms. The van der Waals surface area contributed by atoms with Crippen LogP contribution in [0.1, 0.15) is 48.9 Å². The van der Waals surface area contributed by atoms with E-state index in [1.54, 1.807) is 42.7 Å². The van der Waals surface area contributed by atoms with Gasteiger partial charge in [0.1, 0.15) is 0 Å². The molecule has 1 fully saturated rings. The lowest BCUT2D eigenvalue weighted by Crippen LogP contribution is -2.36. The number of amides is 2. The Bertz CT molecular complexity index is 796. The van der Waals surface area contributed by atoms with Crippen molar-refractivity contribution < 1.29 is 9.59 Å². The highest BCUT2D eigenvalue weighted by atomic mass is 35.5. The minimum atomic E-state index is -0.217. The van der Waals surface area contributed by atoms with Gasteiger partial charge in [-0.2, -0.15) is 0 Å². The summed E-state index contributed by atoms with van der Waals surface area (Å²) in [6.45, 7) is 0.544. The lowest BCUT2D eigenvalue weighted by molar-refractivity contribution is -0.118. The maximum absolute atomic E-state index is 12.5. The lowest BCUT2D eigenvalue weighted by Gasteiger charge is -2.35. The zero-order valence-electron chi connectivity index (χ0n) is 16.2. The highest BCUT2D eigenvalue weighted by molar-refractivity contribution is 6.04. The van der Waals surface area contributed by atoms with Gasteiger partial charge in [0.15, 0.2) is 0 Å². The van der Waals surface area contributed by atoms with Crippen LogP contribution in [0.4, 0.5) is 11.4 Å². The number of hydrogen-bond acceptors (Lipinski definition) is 4. The number of hydrogen-bond donors (Lipinski definition) is 3. The van der Waals surface area contributed by atoms with E-state index < -0.39 is 0 Å². The molecule has 1 aliphatic rings. The summed E-state index contributed by atoms with van der Waals surface area (Å²) in [5.41, 5.74) is 7.73. The molecule has 2 amide bonds. The van der Waals surface area contributed by atoms with E-state index in [1.807, 2.05) is 6.07 Å². The molecule has 0 aliphatic heterocycles. The van der Waals surface area contributed by atoms with Gasteiger partial charge in [0.05, 0.1) is 0 Å². The van der Waals surface area contributed by atoms with Gasteiger partial charge in [-0.05, 0) is 55.1 Å². The van der Waals surface area contributed by atoms with Gasteiger partial charge in [-0.1, -0.05) is 25.3 Å². The Morgan fingerprint density at radius 2 is 1.59 bits per heavy atom. The molecule has 3 rings (SSSR count). The van der Waals surface area contributed by atoms with Crippen molar-refractivity contribution >= 4 is 48.0 Å². The molecule has 0 unspecified atom stereocenters. The number of pyridine rings is 1. The average Bonchev–Trinajstić information content (AvgIpc) is 2.69. The summed E-state index contributed by atoms with van der Waals surface area (Å²) in [6.07, 6.45) is 9.12. The van der Waals surface area contributed by atoms with Gasteiger partial charge < -0.3 is 16.4 Å². The van der Waals surface area contributed by atoms with Crippen LogP contribution in [0.3, 0.4) is 0 Å². The van der Waals surface area contributed by atoms with Crippen LogP contribution >= 0.6 is 24.8 Å². The predicted octanol–water partition coefficient (Wildman–Crippen LogP) is 4.42. The molecule has 1 saturated carbocycles. The maximum atomic E-state index is 12.5. The molecule has 0 bridgehead atoms. The fourth-order valence-corrected chi connectivity index (χ4v) is 3.68. The summed E-state index contributed by atoms with van der Waals surface area (Å²) < 4.78 is 0. The highest BCUT2D eigenvalue weighted by Crippen LogP contribution is 2.38. The quantitative estimate of drug-likeness (QED) is 0.621. The van der Waals surface area contributed by atoms with Crippen molar-refractivity contribution in [3.63, 3.8) is 0 Å². The second kappa shape index (κ2) is 11.8. The Labute approximate surface area is 183 Å². The second-order valence-electron chi connectivity index (χ2n) is 7.26. The minimum absolute atomic E-state index is 0. The van der Waals surface area contributed by atoms with E-state index in [9.17, 15) is 9.59 Å². The van der Waals surface area contributed by atoms with Crippen LogP contribution in [0.15, 0.2) is 48.8 Å². The Kier molecular flexibility index (Phi) is 10.1. The number of nitrogens with zero attached hydrogens (tertiary/aromatic N) is 1. The fraction of sp³-hybridized carbons (Fsp3) is 0.381. The molecule has 158 valence electrons. The van der Waals surface area contributed by atoms with E-state index in [-0.39, 0.29) is 42.0 Å². The summed E-state index contributed by atoms with van der Waals surface area (Å²) in [4.78, 5) is 28.7. The molecule has 1 heterocycles. The zero-order chi connectivity index (χ0) is 19.1. The molecule has 1 aromatic carbocycles.